The summed E-state index contributed by atoms with van der Waals surface area (Å²) in [5.41, 5.74) is 2.01. The highest BCUT2D eigenvalue weighted by atomic mass is 19.1. The van der Waals surface area contributed by atoms with E-state index in [-0.39, 0.29) is 5.82 Å². The van der Waals surface area contributed by atoms with Gasteiger partial charge in [-0.1, -0.05) is 24.6 Å². The lowest BCUT2D eigenvalue weighted by Crippen LogP contribution is -2.45. The Labute approximate surface area is 128 Å². The highest BCUT2D eigenvalue weighted by Gasteiger charge is 2.22. The van der Waals surface area contributed by atoms with Gasteiger partial charge < -0.3 is 5.32 Å². The topological polar surface area (TPSA) is 15.3 Å². The molecule has 1 aromatic carbocycles. The second kappa shape index (κ2) is 8.30. The fourth-order valence-corrected chi connectivity index (χ4v) is 3.06. The minimum absolute atomic E-state index is 0.107. The molecule has 0 aromatic heterocycles. The fourth-order valence-electron chi connectivity index (χ4n) is 3.06. The van der Waals surface area contributed by atoms with Crippen LogP contribution in [-0.2, 0) is 0 Å². The number of halogens is 1. The van der Waals surface area contributed by atoms with Crippen LogP contribution in [-0.4, -0.2) is 31.1 Å². The Hall–Kier alpha value is -1.19. The lowest BCUT2D eigenvalue weighted by Gasteiger charge is -2.35. The Balaban J connectivity index is 2.09. The van der Waals surface area contributed by atoms with E-state index < -0.39 is 0 Å². The summed E-state index contributed by atoms with van der Waals surface area (Å²) >= 11 is 0. The van der Waals surface area contributed by atoms with Gasteiger partial charge in [0.1, 0.15) is 5.82 Å². The van der Waals surface area contributed by atoms with Gasteiger partial charge in [-0.3, -0.25) is 4.90 Å². The molecule has 1 saturated heterocycles. The highest BCUT2D eigenvalue weighted by molar-refractivity contribution is 5.26. The number of hydrogen-bond donors (Lipinski definition) is 1. The van der Waals surface area contributed by atoms with Gasteiger partial charge in [-0.2, -0.15) is 0 Å². The van der Waals surface area contributed by atoms with Crippen molar-refractivity contribution in [2.24, 2.45) is 0 Å². The maximum atomic E-state index is 13.5. The summed E-state index contributed by atoms with van der Waals surface area (Å²) < 4.78 is 13.5. The monoisotopic (exact) mass is 290 g/mol. The normalized spacial score (nSPS) is 17.6. The number of nitrogens with zero attached hydrogens (tertiary/aromatic N) is 1. The van der Waals surface area contributed by atoms with E-state index in [0.717, 1.165) is 44.6 Å². The number of piperazine rings is 1. The van der Waals surface area contributed by atoms with Crippen LogP contribution in [0.25, 0.3) is 0 Å². The van der Waals surface area contributed by atoms with Gasteiger partial charge in [-0.15, -0.1) is 6.58 Å². The molecule has 1 aliphatic rings. The van der Waals surface area contributed by atoms with Gasteiger partial charge in [0.2, 0.25) is 0 Å². The second-order valence-electron chi connectivity index (χ2n) is 5.88. The van der Waals surface area contributed by atoms with Gasteiger partial charge >= 0.3 is 0 Å². The Kier molecular flexibility index (Phi) is 6.40. The van der Waals surface area contributed by atoms with Gasteiger partial charge in [0.15, 0.2) is 0 Å². The largest absolute Gasteiger partial charge is 0.314 e. The third kappa shape index (κ3) is 4.65. The summed E-state index contributed by atoms with van der Waals surface area (Å²) in [5, 5.41) is 3.40. The quantitative estimate of drug-likeness (QED) is 0.606. The maximum absolute atomic E-state index is 13.5. The molecule has 1 N–H and O–H groups in total. The molecule has 0 spiro atoms. The molecule has 2 rings (SSSR count). The van der Waals surface area contributed by atoms with Gasteiger partial charge in [0, 0.05) is 32.2 Å². The number of benzene rings is 1. The molecule has 116 valence electrons. The molecule has 0 bridgehead atoms. The van der Waals surface area contributed by atoms with Crippen molar-refractivity contribution in [1.82, 2.24) is 10.2 Å². The first kappa shape index (κ1) is 16.2. The van der Waals surface area contributed by atoms with Crippen molar-refractivity contribution in [2.75, 3.05) is 26.2 Å². The molecule has 0 aliphatic carbocycles. The zero-order chi connectivity index (χ0) is 15.1. The molecule has 1 heterocycles. The molecule has 1 aromatic rings. The zero-order valence-corrected chi connectivity index (χ0v) is 13.1. The van der Waals surface area contributed by atoms with Gasteiger partial charge in [0.05, 0.1) is 0 Å². The van der Waals surface area contributed by atoms with Crippen molar-refractivity contribution in [3.8, 4) is 0 Å². The van der Waals surface area contributed by atoms with E-state index in [1.165, 1.54) is 18.4 Å². The predicted octanol–water partition coefficient (Wildman–Crippen LogP) is 3.83. The molecule has 21 heavy (non-hydrogen) atoms. The van der Waals surface area contributed by atoms with E-state index in [9.17, 15) is 4.39 Å². The summed E-state index contributed by atoms with van der Waals surface area (Å²) in [6.45, 7) is 9.87. The zero-order valence-electron chi connectivity index (χ0n) is 13.1. The van der Waals surface area contributed by atoms with Crippen LogP contribution in [0.5, 0.6) is 0 Å². The van der Waals surface area contributed by atoms with Crippen molar-refractivity contribution in [1.29, 1.82) is 0 Å². The Bertz CT molecular complexity index is 453. The molecule has 1 fully saturated rings. The Morgan fingerprint density at radius 1 is 1.33 bits per heavy atom. The lowest BCUT2D eigenvalue weighted by molar-refractivity contribution is 0.163. The minimum Gasteiger partial charge on any atom is -0.314 e. The lowest BCUT2D eigenvalue weighted by atomic mass is 9.96. The molecule has 0 unspecified atom stereocenters. The number of rotatable bonds is 7. The van der Waals surface area contributed by atoms with Crippen molar-refractivity contribution in [3.05, 3.63) is 47.8 Å². The average molecular weight is 290 g/mol. The van der Waals surface area contributed by atoms with Crippen molar-refractivity contribution in [2.45, 2.75) is 38.6 Å². The predicted molar refractivity (Wildman–Crippen MR) is 87.0 cm³/mol. The third-order valence-electron chi connectivity index (χ3n) is 4.29. The molecule has 0 saturated carbocycles. The summed E-state index contributed by atoms with van der Waals surface area (Å²) in [6.07, 6.45) is 6.58. The summed E-state index contributed by atoms with van der Waals surface area (Å²) in [4.78, 5) is 2.54. The summed E-state index contributed by atoms with van der Waals surface area (Å²) in [6, 6.07) is 6.01. The number of nitrogens with one attached hydrogen (secondary N) is 1. The minimum atomic E-state index is -0.107. The van der Waals surface area contributed by atoms with Crippen LogP contribution in [0.1, 0.15) is 42.9 Å². The first-order valence-electron chi connectivity index (χ1n) is 8.04. The van der Waals surface area contributed by atoms with E-state index in [1.54, 1.807) is 6.07 Å². The van der Waals surface area contributed by atoms with Crippen LogP contribution in [0.3, 0.4) is 0 Å². The summed E-state index contributed by atoms with van der Waals surface area (Å²) in [5.74, 6) is -0.107. The van der Waals surface area contributed by atoms with Crippen molar-refractivity contribution in [3.63, 3.8) is 0 Å². The molecular weight excluding hydrogens is 263 g/mol. The van der Waals surface area contributed by atoms with Gasteiger partial charge in [0.25, 0.3) is 0 Å². The van der Waals surface area contributed by atoms with Gasteiger partial charge in [-0.05, 0) is 43.4 Å². The van der Waals surface area contributed by atoms with E-state index in [0.29, 0.717) is 6.04 Å². The molecular formula is C18H27FN2. The van der Waals surface area contributed by atoms with Crippen LogP contribution < -0.4 is 5.32 Å². The number of allylic oxidation sites excluding steroid dienone is 1. The summed E-state index contributed by atoms with van der Waals surface area (Å²) in [7, 11) is 0. The van der Waals surface area contributed by atoms with Crippen molar-refractivity contribution < 1.29 is 4.39 Å². The van der Waals surface area contributed by atoms with Gasteiger partial charge in [-0.25, -0.2) is 4.39 Å². The van der Waals surface area contributed by atoms with E-state index >= 15 is 0 Å². The van der Waals surface area contributed by atoms with Crippen LogP contribution in [0, 0.1) is 12.7 Å². The SMILES string of the molecule is C=CCCCC[C@@H](c1ccc(F)c(C)c1)N1CCNCC1. The number of aryl methyl sites for hydroxylation is 1. The number of hydrogen-bond acceptors (Lipinski definition) is 2. The first-order chi connectivity index (χ1) is 10.2. The average Bonchev–Trinajstić information content (AvgIpc) is 2.51. The fraction of sp³-hybridized carbons (Fsp3) is 0.556. The van der Waals surface area contributed by atoms with E-state index in [1.807, 2.05) is 25.1 Å². The highest BCUT2D eigenvalue weighted by Crippen LogP contribution is 2.28. The first-order valence-corrected chi connectivity index (χ1v) is 8.04. The Morgan fingerprint density at radius 3 is 2.76 bits per heavy atom. The van der Waals surface area contributed by atoms with Crippen LogP contribution in [0.4, 0.5) is 4.39 Å². The molecule has 0 amide bonds. The molecule has 0 radical (unpaired) electrons. The second-order valence-corrected chi connectivity index (χ2v) is 5.88. The maximum Gasteiger partial charge on any atom is 0.126 e. The van der Waals surface area contributed by atoms with E-state index in [4.69, 9.17) is 0 Å². The number of unbranched alkanes of at least 4 members (excludes halogenated alkanes) is 2. The molecule has 1 aliphatic heterocycles. The molecule has 2 nitrogen and oxygen atoms in total. The van der Waals surface area contributed by atoms with Crippen LogP contribution >= 0.6 is 0 Å². The third-order valence-corrected chi connectivity index (χ3v) is 4.29. The molecule has 3 heteroatoms. The van der Waals surface area contributed by atoms with E-state index in [2.05, 4.69) is 16.8 Å². The van der Waals surface area contributed by atoms with Crippen LogP contribution in [0.2, 0.25) is 0 Å². The smallest absolute Gasteiger partial charge is 0.126 e. The molecule has 1 atom stereocenters. The Morgan fingerprint density at radius 2 is 2.10 bits per heavy atom. The van der Waals surface area contributed by atoms with Crippen LogP contribution in [0.15, 0.2) is 30.9 Å². The van der Waals surface area contributed by atoms with Crippen molar-refractivity contribution >= 4 is 0 Å². The standard InChI is InChI=1S/C18H27FN2/c1-3-4-5-6-7-18(21-12-10-20-11-13-21)16-8-9-17(19)15(2)14-16/h3,8-9,14,18,20H,1,4-7,10-13H2,2H3/t18-/m0/s1.